The van der Waals surface area contributed by atoms with Crippen molar-refractivity contribution >= 4 is 17.4 Å². The van der Waals surface area contributed by atoms with Crippen molar-refractivity contribution in [2.24, 2.45) is 5.92 Å². The number of halogens is 1. The minimum absolute atomic E-state index is 0.323. The van der Waals surface area contributed by atoms with Gasteiger partial charge in [-0.15, -0.1) is 0 Å². The van der Waals surface area contributed by atoms with Gasteiger partial charge in [-0.1, -0.05) is 23.7 Å². The van der Waals surface area contributed by atoms with E-state index in [-0.39, 0.29) is 0 Å². The molecule has 1 aromatic rings. The Bertz CT molecular complexity index is 407. The summed E-state index contributed by atoms with van der Waals surface area (Å²) >= 11 is 5.89. The number of piperidine rings is 1. The molecular weight excluding hydrogens is 258 g/mol. The van der Waals surface area contributed by atoms with Crippen molar-refractivity contribution in [1.29, 1.82) is 0 Å². The van der Waals surface area contributed by atoms with Gasteiger partial charge in [-0.25, -0.2) is 0 Å². The van der Waals surface area contributed by atoms with Crippen molar-refractivity contribution in [3.63, 3.8) is 0 Å². The number of carbonyl (C=O) groups excluding carboxylic acids is 1. The summed E-state index contributed by atoms with van der Waals surface area (Å²) in [4.78, 5) is 13.5. The van der Waals surface area contributed by atoms with Crippen molar-refractivity contribution in [2.45, 2.75) is 39.2 Å². The molecule has 1 aliphatic rings. The van der Waals surface area contributed by atoms with Crippen molar-refractivity contribution in [3.05, 3.63) is 34.9 Å². The quantitative estimate of drug-likeness (QED) is 0.814. The van der Waals surface area contributed by atoms with E-state index in [2.05, 4.69) is 17.0 Å². The molecule has 1 heterocycles. The second-order valence-corrected chi connectivity index (χ2v) is 6.02. The number of nitrogens with zero attached hydrogens (tertiary/aromatic N) is 1. The van der Waals surface area contributed by atoms with Crippen LogP contribution in [0.25, 0.3) is 0 Å². The molecule has 1 aliphatic heterocycles. The Hall–Kier alpha value is -0.860. The van der Waals surface area contributed by atoms with Crippen LogP contribution in [0.3, 0.4) is 0 Å². The van der Waals surface area contributed by atoms with Crippen LogP contribution in [0.1, 0.15) is 38.2 Å². The highest BCUT2D eigenvalue weighted by atomic mass is 35.5. The summed E-state index contributed by atoms with van der Waals surface area (Å²) in [5, 5.41) is 0.798. The first-order chi connectivity index (χ1) is 9.13. The third-order valence-electron chi connectivity index (χ3n) is 3.93. The zero-order valence-corrected chi connectivity index (χ0v) is 12.3. The fraction of sp³-hybridized carbons (Fsp3) is 0.562. The zero-order chi connectivity index (χ0) is 13.7. The number of ketones is 1. The Morgan fingerprint density at radius 1 is 1.26 bits per heavy atom. The highest BCUT2D eigenvalue weighted by Crippen LogP contribution is 2.23. The van der Waals surface area contributed by atoms with Gasteiger partial charge in [-0.2, -0.15) is 0 Å². The molecule has 19 heavy (non-hydrogen) atoms. The standard InChI is InChI=1S/C16H22ClNO/c1-13(19)2-3-14-8-10-18(11-9-14)12-15-4-6-16(17)7-5-15/h4-7,14H,2-3,8-12H2,1H3. The van der Waals surface area contributed by atoms with E-state index in [1.165, 1.54) is 18.4 Å². The average Bonchev–Trinajstić information content (AvgIpc) is 2.40. The van der Waals surface area contributed by atoms with E-state index in [0.717, 1.165) is 43.4 Å². The maximum atomic E-state index is 11.0. The molecule has 0 amide bonds. The lowest BCUT2D eigenvalue weighted by Crippen LogP contribution is -2.33. The molecule has 2 rings (SSSR count). The van der Waals surface area contributed by atoms with Crippen LogP contribution in [0.5, 0.6) is 0 Å². The fourth-order valence-electron chi connectivity index (χ4n) is 2.69. The molecule has 0 atom stereocenters. The van der Waals surface area contributed by atoms with E-state index in [1.54, 1.807) is 6.92 Å². The highest BCUT2D eigenvalue weighted by Gasteiger charge is 2.19. The molecule has 0 saturated carbocycles. The summed E-state index contributed by atoms with van der Waals surface area (Å²) in [6.07, 6.45) is 4.27. The van der Waals surface area contributed by atoms with Gasteiger partial charge in [0.05, 0.1) is 0 Å². The maximum absolute atomic E-state index is 11.0. The minimum Gasteiger partial charge on any atom is -0.300 e. The number of rotatable bonds is 5. The molecule has 1 fully saturated rings. The Labute approximate surface area is 120 Å². The van der Waals surface area contributed by atoms with E-state index in [0.29, 0.717) is 5.78 Å². The monoisotopic (exact) mass is 279 g/mol. The molecule has 0 bridgehead atoms. The second kappa shape index (κ2) is 7.06. The first kappa shape index (κ1) is 14.5. The van der Waals surface area contributed by atoms with Crippen LogP contribution in [-0.2, 0) is 11.3 Å². The van der Waals surface area contributed by atoms with Crippen molar-refractivity contribution in [2.75, 3.05) is 13.1 Å². The molecule has 1 saturated heterocycles. The molecule has 104 valence electrons. The van der Waals surface area contributed by atoms with Gasteiger partial charge in [-0.3, -0.25) is 4.90 Å². The molecule has 2 nitrogen and oxygen atoms in total. The summed E-state index contributed by atoms with van der Waals surface area (Å²) in [6, 6.07) is 8.11. The van der Waals surface area contributed by atoms with E-state index in [4.69, 9.17) is 11.6 Å². The largest absolute Gasteiger partial charge is 0.300 e. The van der Waals surface area contributed by atoms with Crippen LogP contribution >= 0.6 is 11.6 Å². The molecule has 1 aromatic carbocycles. The van der Waals surface area contributed by atoms with Crippen LogP contribution in [0, 0.1) is 5.92 Å². The van der Waals surface area contributed by atoms with E-state index in [9.17, 15) is 4.79 Å². The minimum atomic E-state index is 0.323. The van der Waals surface area contributed by atoms with Crippen molar-refractivity contribution < 1.29 is 4.79 Å². The SMILES string of the molecule is CC(=O)CCC1CCN(Cc2ccc(Cl)cc2)CC1. The summed E-state index contributed by atoms with van der Waals surface area (Å²) in [6.45, 7) is 4.99. The van der Waals surface area contributed by atoms with Gasteiger partial charge in [0.15, 0.2) is 0 Å². The molecule has 3 heteroatoms. The summed E-state index contributed by atoms with van der Waals surface area (Å²) in [7, 11) is 0. The lowest BCUT2D eigenvalue weighted by atomic mass is 9.91. The maximum Gasteiger partial charge on any atom is 0.129 e. The molecule has 0 unspecified atom stereocenters. The van der Waals surface area contributed by atoms with E-state index >= 15 is 0 Å². The first-order valence-electron chi connectivity index (χ1n) is 7.10. The summed E-state index contributed by atoms with van der Waals surface area (Å²) in [5.41, 5.74) is 1.33. The predicted octanol–water partition coefficient (Wildman–Crippen LogP) is 3.92. The lowest BCUT2D eigenvalue weighted by Gasteiger charge is -2.31. The smallest absolute Gasteiger partial charge is 0.129 e. The Balaban J connectivity index is 1.74. The van der Waals surface area contributed by atoms with E-state index < -0.39 is 0 Å². The van der Waals surface area contributed by atoms with Gasteiger partial charge >= 0.3 is 0 Å². The second-order valence-electron chi connectivity index (χ2n) is 5.59. The van der Waals surface area contributed by atoms with Gasteiger partial charge in [-0.05, 0) is 62.9 Å². The average molecular weight is 280 g/mol. The zero-order valence-electron chi connectivity index (χ0n) is 11.6. The number of carbonyl (C=O) groups is 1. The van der Waals surface area contributed by atoms with Crippen LogP contribution in [0.4, 0.5) is 0 Å². The van der Waals surface area contributed by atoms with Crippen molar-refractivity contribution in [3.8, 4) is 0 Å². The van der Waals surface area contributed by atoms with Gasteiger partial charge in [0.1, 0.15) is 5.78 Å². The van der Waals surface area contributed by atoms with Gasteiger partial charge in [0, 0.05) is 18.0 Å². The number of benzene rings is 1. The third-order valence-corrected chi connectivity index (χ3v) is 4.18. The first-order valence-corrected chi connectivity index (χ1v) is 7.47. The molecule has 0 spiro atoms. The Kier molecular flexibility index (Phi) is 5.41. The van der Waals surface area contributed by atoms with Crippen molar-refractivity contribution in [1.82, 2.24) is 4.90 Å². The molecule has 0 aromatic heterocycles. The summed E-state index contributed by atoms with van der Waals surface area (Å²) in [5.74, 6) is 1.06. The molecule has 0 radical (unpaired) electrons. The summed E-state index contributed by atoms with van der Waals surface area (Å²) < 4.78 is 0. The Morgan fingerprint density at radius 3 is 2.47 bits per heavy atom. The van der Waals surface area contributed by atoms with Gasteiger partial charge in [0.2, 0.25) is 0 Å². The van der Waals surface area contributed by atoms with E-state index in [1.807, 2.05) is 12.1 Å². The highest BCUT2D eigenvalue weighted by molar-refractivity contribution is 6.30. The number of hydrogen-bond acceptors (Lipinski definition) is 2. The van der Waals surface area contributed by atoms with Crippen LogP contribution < -0.4 is 0 Å². The van der Waals surface area contributed by atoms with Crippen LogP contribution in [0.15, 0.2) is 24.3 Å². The topological polar surface area (TPSA) is 20.3 Å². The van der Waals surface area contributed by atoms with Crippen LogP contribution in [-0.4, -0.2) is 23.8 Å². The third kappa shape index (κ3) is 4.96. The van der Waals surface area contributed by atoms with Gasteiger partial charge in [0.25, 0.3) is 0 Å². The molecular formula is C16H22ClNO. The number of hydrogen-bond donors (Lipinski definition) is 0. The normalized spacial score (nSPS) is 17.6. The molecule has 0 N–H and O–H groups in total. The lowest BCUT2D eigenvalue weighted by molar-refractivity contribution is -0.117. The number of likely N-dealkylation sites (tertiary alicyclic amines) is 1. The predicted molar refractivity (Wildman–Crippen MR) is 79.4 cm³/mol. The Morgan fingerprint density at radius 2 is 1.89 bits per heavy atom. The fourth-order valence-corrected chi connectivity index (χ4v) is 2.81. The van der Waals surface area contributed by atoms with Crippen LogP contribution in [0.2, 0.25) is 5.02 Å². The number of Topliss-reactive ketones (excluding diaryl/α,β-unsaturated/α-hetero) is 1. The molecule has 0 aliphatic carbocycles. The van der Waals surface area contributed by atoms with Gasteiger partial charge < -0.3 is 4.79 Å².